The first kappa shape index (κ1) is 17.2. The van der Waals surface area contributed by atoms with Crippen LogP contribution < -0.4 is 10.1 Å². The summed E-state index contributed by atoms with van der Waals surface area (Å²) in [6.45, 7) is 2.24. The van der Waals surface area contributed by atoms with Crippen LogP contribution in [-0.4, -0.2) is 17.7 Å². The van der Waals surface area contributed by atoms with Gasteiger partial charge in [0.15, 0.2) is 5.82 Å². The average molecular weight is 401 g/mol. The summed E-state index contributed by atoms with van der Waals surface area (Å²) >= 11 is 3.39. The van der Waals surface area contributed by atoms with Crippen LogP contribution in [0.5, 0.6) is 5.75 Å². The van der Waals surface area contributed by atoms with Crippen molar-refractivity contribution in [1.29, 1.82) is 0 Å². The third kappa shape index (κ3) is 4.70. The number of amides is 1. The summed E-state index contributed by atoms with van der Waals surface area (Å²) in [6, 6.07) is 17.1. The highest BCUT2D eigenvalue weighted by atomic mass is 79.9. The van der Waals surface area contributed by atoms with Crippen molar-refractivity contribution in [1.82, 2.24) is 5.16 Å². The second-order valence-corrected chi connectivity index (χ2v) is 6.42. The molecular formula is C19H17BrN2O3. The first-order valence-electron chi connectivity index (χ1n) is 7.83. The molecule has 0 unspecified atom stereocenters. The molecule has 0 bridgehead atoms. The van der Waals surface area contributed by atoms with Crippen molar-refractivity contribution in [3.63, 3.8) is 0 Å². The highest BCUT2D eigenvalue weighted by Gasteiger charge is 2.15. The molecule has 0 saturated heterocycles. The Morgan fingerprint density at radius 3 is 2.72 bits per heavy atom. The third-order valence-corrected chi connectivity index (χ3v) is 4.04. The number of aromatic nitrogens is 1. The lowest BCUT2D eigenvalue weighted by atomic mass is 10.1. The van der Waals surface area contributed by atoms with E-state index >= 15 is 0 Å². The number of halogens is 1. The number of carbonyl (C=O) groups is 1. The van der Waals surface area contributed by atoms with E-state index in [4.69, 9.17) is 9.26 Å². The number of nitrogens with zero attached hydrogens (tertiary/aromatic N) is 1. The van der Waals surface area contributed by atoms with Gasteiger partial charge in [-0.15, -0.1) is 0 Å². The van der Waals surface area contributed by atoms with Gasteiger partial charge >= 0.3 is 0 Å². The first-order valence-corrected chi connectivity index (χ1v) is 8.62. The molecule has 6 heteroatoms. The van der Waals surface area contributed by atoms with E-state index in [9.17, 15) is 4.79 Å². The van der Waals surface area contributed by atoms with Gasteiger partial charge in [-0.25, -0.2) is 0 Å². The number of aryl methyl sites for hydroxylation is 1. The van der Waals surface area contributed by atoms with Crippen molar-refractivity contribution < 1.29 is 14.1 Å². The van der Waals surface area contributed by atoms with Crippen molar-refractivity contribution in [2.24, 2.45) is 0 Å². The van der Waals surface area contributed by atoms with Gasteiger partial charge in [0, 0.05) is 17.0 Å². The summed E-state index contributed by atoms with van der Waals surface area (Å²) in [4.78, 5) is 12.5. The van der Waals surface area contributed by atoms with Crippen molar-refractivity contribution in [3.8, 4) is 5.75 Å². The van der Waals surface area contributed by atoms with Gasteiger partial charge in [-0.05, 0) is 30.7 Å². The van der Waals surface area contributed by atoms with Gasteiger partial charge < -0.3 is 14.6 Å². The highest BCUT2D eigenvalue weighted by Crippen LogP contribution is 2.24. The zero-order valence-electron chi connectivity index (χ0n) is 13.7. The molecule has 0 aliphatic rings. The summed E-state index contributed by atoms with van der Waals surface area (Å²) in [6.07, 6.45) is 0.764. The molecule has 2 aromatic carbocycles. The molecule has 0 atom stereocenters. The van der Waals surface area contributed by atoms with Gasteiger partial charge in [0.2, 0.25) is 0 Å². The number of nitrogens with one attached hydrogen (secondary N) is 1. The van der Waals surface area contributed by atoms with Gasteiger partial charge in [0.1, 0.15) is 11.5 Å². The van der Waals surface area contributed by atoms with E-state index in [-0.39, 0.29) is 5.91 Å². The molecule has 1 amide bonds. The number of benzene rings is 2. The van der Waals surface area contributed by atoms with Crippen LogP contribution in [0.1, 0.15) is 21.7 Å². The fraction of sp³-hybridized carbons (Fsp3) is 0.158. The summed E-state index contributed by atoms with van der Waals surface area (Å²) in [7, 11) is 0. The van der Waals surface area contributed by atoms with Gasteiger partial charge in [-0.1, -0.05) is 51.4 Å². The molecule has 0 spiro atoms. The quantitative estimate of drug-likeness (QED) is 0.655. The van der Waals surface area contributed by atoms with Gasteiger partial charge in [-0.2, -0.15) is 0 Å². The summed E-state index contributed by atoms with van der Waals surface area (Å²) < 4.78 is 11.6. The molecule has 25 heavy (non-hydrogen) atoms. The predicted octanol–water partition coefficient (Wildman–Crippen LogP) is 4.62. The van der Waals surface area contributed by atoms with Gasteiger partial charge in [0.25, 0.3) is 5.91 Å². The third-order valence-electron chi connectivity index (χ3n) is 3.55. The maximum atomic E-state index is 12.5. The van der Waals surface area contributed by atoms with E-state index < -0.39 is 0 Å². The van der Waals surface area contributed by atoms with Crippen molar-refractivity contribution in [2.75, 3.05) is 11.9 Å². The normalized spacial score (nSPS) is 10.5. The lowest BCUT2D eigenvalue weighted by Gasteiger charge is -2.11. The molecule has 5 nitrogen and oxygen atoms in total. The zero-order valence-corrected chi connectivity index (χ0v) is 15.2. The average Bonchev–Trinajstić information content (AvgIpc) is 3.02. The fourth-order valence-electron chi connectivity index (χ4n) is 2.34. The summed E-state index contributed by atoms with van der Waals surface area (Å²) in [5.41, 5.74) is 1.62. The molecule has 128 valence electrons. The van der Waals surface area contributed by atoms with Gasteiger partial charge in [0.05, 0.1) is 12.2 Å². The molecule has 0 radical (unpaired) electrons. The minimum absolute atomic E-state index is 0.302. The van der Waals surface area contributed by atoms with Crippen LogP contribution in [0.25, 0.3) is 0 Å². The van der Waals surface area contributed by atoms with Crippen LogP contribution in [0.3, 0.4) is 0 Å². The standard InChI is InChI=1S/C19H17BrN2O3/c1-13-11-18(22-25-13)21-19(23)16-12-15(20)7-8-17(16)24-10-9-14-5-3-2-4-6-14/h2-8,11-12H,9-10H2,1H3,(H,21,22,23). The monoisotopic (exact) mass is 400 g/mol. The van der Waals surface area contributed by atoms with Crippen molar-refractivity contribution in [3.05, 3.63) is 76.0 Å². The Hall–Kier alpha value is -2.60. The van der Waals surface area contributed by atoms with E-state index in [1.807, 2.05) is 36.4 Å². The lowest BCUT2D eigenvalue weighted by molar-refractivity contribution is 0.102. The maximum Gasteiger partial charge on any atom is 0.260 e. The molecule has 0 saturated carbocycles. The molecule has 1 N–H and O–H groups in total. The molecule has 3 rings (SSSR count). The highest BCUT2D eigenvalue weighted by molar-refractivity contribution is 9.10. The van der Waals surface area contributed by atoms with Crippen LogP contribution in [0.4, 0.5) is 5.82 Å². The first-order chi connectivity index (χ1) is 12.1. The van der Waals surface area contributed by atoms with Crippen LogP contribution in [-0.2, 0) is 6.42 Å². The molecule has 0 aliphatic carbocycles. The number of hydrogen-bond donors (Lipinski definition) is 1. The minimum atomic E-state index is -0.302. The zero-order chi connectivity index (χ0) is 17.6. The summed E-state index contributed by atoms with van der Waals surface area (Å²) in [5.74, 6) is 1.22. The summed E-state index contributed by atoms with van der Waals surface area (Å²) in [5, 5.41) is 6.49. The van der Waals surface area contributed by atoms with Crippen LogP contribution in [0, 0.1) is 6.92 Å². The van der Waals surface area contributed by atoms with E-state index in [2.05, 4.69) is 26.4 Å². The Kier molecular flexibility index (Phi) is 5.50. The SMILES string of the molecule is Cc1cc(NC(=O)c2cc(Br)ccc2OCCc2ccccc2)no1. The molecule has 1 aromatic heterocycles. The number of rotatable bonds is 6. The Labute approximate surface area is 154 Å². The lowest BCUT2D eigenvalue weighted by Crippen LogP contribution is -2.14. The smallest absolute Gasteiger partial charge is 0.260 e. The fourth-order valence-corrected chi connectivity index (χ4v) is 2.70. The molecule has 0 fully saturated rings. The Bertz CT molecular complexity index is 862. The number of hydrogen-bond acceptors (Lipinski definition) is 4. The minimum Gasteiger partial charge on any atom is -0.492 e. The van der Waals surface area contributed by atoms with Crippen molar-refractivity contribution >= 4 is 27.7 Å². The van der Waals surface area contributed by atoms with Gasteiger partial charge in [-0.3, -0.25) is 4.79 Å². The molecule has 1 heterocycles. The van der Waals surface area contributed by atoms with Crippen molar-refractivity contribution in [2.45, 2.75) is 13.3 Å². The molecular weight excluding hydrogens is 384 g/mol. The Morgan fingerprint density at radius 2 is 2.00 bits per heavy atom. The Balaban J connectivity index is 1.70. The molecule has 3 aromatic rings. The van der Waals surface area contributed by atoms with Crippen LogP contribution in [0.2, 0.25) is 0 Å². The number of anilines is 1. The maximum absolute atomic E-state index is 12.5. The Morgan fingerprint density at radius 1 is 1.20 bits per heavy atom. The van der Waals surface area contributed by atoms with E-state index in [0.717, 1.165) is 10.9 Å². The van der Waals surface area contributed by atoms with Crippen LogP contribution >= 0.6 is 15.9 Å². The largest absolute Gasteiger partial charge is 0.492 e. The van der Waals surface area contributed by atoms with Crippen LogP contribution in [0.15, 0.2) is 63.6 Å². The van der Waals surface area contributed by atoms with E-state index in [1.165, 1.54) is 5.56 Å². The van der Waals surface area contributed by atoms with E-state index in [1.54, 1.807) is 25.1 Å². The second-order valence-electron chi connectivity index (χ2n) is 5.50. The number of ether oxygens (including phenoxy) is 1. The molecule has 0 aliphatic heterocycles. The van der Waals surface area contributed by atoms with E-state index in [0.29, 0.717) is 29.5 Å². The second kappa shape index (κ2) is 7.98. The predicted molar refractivity (Wildman–Crippen MR) is 99.0 cm³/mol. The number of carbonyl (C=O) groups excluding carboxylic acids is 1. The topological polar surface area (TPSA) is 64.4 Å².